The van der Waals surface area contributed by atoms with E-state index in [9.17, 15) is 0 Å². The van der Waals surface area contributed by atoms with Crippen LogP contribution in [0.2, 0.25) is 0 Å². The molecule has 0 radical (unpaired) electrons. The molecule has 0 spiro atoms. The number of aromatic nitrogens is 2. The first-order valence-electron chi connectivity index (χ1n) is 7.27. The van der Waals surface area contributed by atoms with Crippen LogP contribution in [0.5, 0.6) is 5.75 Å². The van der Waals surface area contributed by atoms with Gasteiger partial charge in [0, 0.05) is 6.04 Å². The average Bonchev–Trinajstić information content (AvgIpc) is 2.86. The first-order chi connectivity index (χ1) is 9.67. The Bertz CT molecular complexity index is 575. The Morgan fingerprint density at radius 3 is 2.55 bits per heavy atom. The molecule has 0 N–H and O–H groups in total. The largest absolute Gasteiger partial charge is 0.494 e. The maximum atomic E-state index is 6.11. The normalized spacial score (nSPS) is 13.1. The fraction of sp³-hybridized carbons (Fsp3) is 0.562. The van der Waals surface area contributed by atoms with Crippen LogP contribution in [0.4, 0.5) is 0 Å². The third-order valence-corrected chi connectivity index (χ3v) is 4.47. The van der Waals surface area contributed by atoms with Gasteiger partial charge in [0.1, 0.15) is 17.1 Å². The summed E-state index contributed by atoms with van der Waals surface area (Å²) >= 11 is 6.11. The Morgan fingerprint density at radius 1 is 1.30 bits per heavy atom. The summed E-state index contributed by atoms with van der Waals surface area (Å²) in [7, 11) is 1.68. The summed E-state index contributed by atoms with van der Waals surface area (Å²) in [5.74, 6) is 2.78. The van der Waals surface area contributed by atoms with Gasteiger partial charge in [0.2, 0.25) is 0 Å². The highest BCUT2D eigenvalue weighted by atomic mass is 35.5. The Hall–Kier alpha value is -1.22. The lowest BCUT2D eigenvalue weighted by Gasteiger charge is -2.25. The summed E-state index contributed by atoms with van der Waals surface area (Å²) in [5, 5.41) is 0. The van der Waals surface area contributed by atoms with Crippen molar-refractivity contribution in [2.75, 3.05) is 7.11 Å². The second-order valence-corrected chi connectivity index (χ2v) is 5.44. The van der Waals surface area contributed by atoms with Crippen LogP contribution in [0.3, 0.4) is 0 Å². The molecular weight excluding hydrogens is 272 g/mol. The first kappa shape index (κ1) is 15.2. The lowest BCUT2D eigenvalue weighted by molar-refractivity contribution is 0.334. The van der Waals surface area contributed by atoms with Crippen LogP contribution in [-0.4, -0.2) is 16.7 Å². The number of para-hydroxylation sites is 1. The van der Waals surface area contributed by atoms with Crippen molar-refractivity contribution in [3.8, 4) is 5.75 Å². The van der Waals surface area contributed by atoms with Crippen molar-refractivity contribution in [1.82, 2.24) is 9.55 Å². The number of halogens is 1. The third kappa shape index (κ3) is 2.51. The van der Waals surface area contributed by atoms with E-state index < -0.39 is 0 Å². The molecule has 110 valence electrons. The molecule has 0 aliphatic carbocycles. The highest BCUT2D eigenvalue weighted by Crippen LogP contribution is 2.33. The Labute approximate surface area is 125 Å². The van der Waals surface area contributed by atoms with E-state index in [4.69, 9.17) is 16.3 Å². The van der Waals surface area contributed by atoms with Crippen LogP contribution in [0.1, 0.15) is 45.5 Å². The van der Waals surface area contributed by atoms with Gasteiger partial charge in [-0.3, -0.25) is 0 Å². The lowest BCUT2D eigenvalue weighted by atomic mass is 9.95. The molecule has 4 heteroatoms. The van der Waals surface area contributed by atoms with Crippen LogP contribution in [0.25, 0.3) is 11.0 Å². The molecule has 1 unspecified atom stereocenters. The minimum Gasteiger partial charge on any atom is -0.494 e. The van der Waals surface area contributed by atoms with E-state index in [1.54, 1.807) is 7.11 Å². The molecule has 1 aromatic carbocycles. The number of fused-ring (bicyclic) bond motifs is 1. The summed E-state index contributed by atoms with van der Waals surface area (Å²) in [5.41, 5.74) is 2.02. The predicted molar refractivity (Wildman–Crippen MR) is 84.6 cm³/mol. The van der Waals surface area contributed by atoms with Crippen LogP contribution < -0.4 is 4.74 Å². The first-order valence-corrected chi connectivity index (χ1v) is 7.81. The van der Waals surface area contributed by atoms with E-state index in [1.165, 1.54) is 0 Å². The van der Waals surface area contributed by atoms with Gasteiger partial charge in [-0.2, -0.15) is 0 Å². The molecule has 0 fully saturated rings. The van der Waals surface area contributed by atoms with Gasteiger partial charge in [0.15, 0.2) is 0 Å². The van der Waals surface area contributed by atoms with Gasteiger partial charge in [0.05, 0.1) is 18.5 Å². The summed E-state index contributed by atoms with van der Waals surface area (Å²) in [4.78, 5) is 4.68. The number of hydrogen-bond acceptors (Lipinski definition) is 2. The molecule has 0 saturated carbocycles. The van der Waals surface area contributed by atoms with E-state index in [2.05, 4.69) is 36.4 Å². The lowest BCUT2D eigenvalue weighted by Crippen LogP contribution is -2.17. The standard InChI is InChI=1S/C16H23ClN2O/c1-5-12(6-2)11(3)19-13-8-7-9-14(20-4)16(13)18-15(19)10-17/h7-9,11-12H,5-6,10H2,1-4H3. The molecular formula is C16H23ClN2O. The molecule has 0 amide bonds. The molecule has 3 nitrogen and oxygen atoms in total. The number of benzene rings is 1. The monoisotopic (exact) mass is 294 g/mol. The molecule has 0 bridgehead atoms. The summed E-state index contributed by atoms with van der Waals surface area (Å²) < 4.78 is 7.69. The minimum atomic E-state index is 0.385. The number of methoxy groups -OCH3 is 1. The molecule has 20 heavy (non-hydrogen) atoms. The van der Waals surface area contributed by atoms with Crippen molar-refractivity contribution in [2.24, 2.45) is 5.92 Å². The van der Waals surface area contributed by atoms with E-state index in [-0.39, 0.29) is 0 Å². The fourth-order valence-electron chi connectivity index (χ4n) is 3.03. The highest BCUT2D eigenvalue weighted by Gasteiger charge is 2.22. The number of nitrogens with zero attached hydrogens (tertiary/aromatic N) is 2. The van der Waals surface area contributed by atoms with Gasteiger partial charge in [-0.1, -0.05) is 32.8 Å². The van der Waals surface area contributed by atoms with Gasteiger partial charge in [-0.15, -0.1) is 11.6 Å². The maximum Gasteiger partial charge on any atom is 0.146 e. The van der Waals surface area contributed by atoms with Crippen LogP contribution in [0, 0.1) is 5.92 Å². The van der Waals surface area contributed by atoms with Gasteiger partial charge >= 0.3 is 0 Å². The summed E-state index contributed by atoms with van der Waals surface area (Å²) in [6.45, 7) is 6.74. The fourth-order valence-corrected chi connectivity index (χ4v) is 3.22. The van der Waals surface area contributed by atoms with Crippen LogP contribution >= 0.6 is 11.6 Å². The average molecular weight is 295 g/mol. The second kappa shape index (κ2) is 6.49. The molecule has 0 saturated heterocycles. The minimum absolute atomic E-state index is 0.385. The Morgan fingerprint density at radius 2 is 2.00 bits per heavy atom. The third-order valence-electron chi connectivity index (χ3n) is 4.23. The number of rotatable bonds is 6. The number of hydrogen-bond donors (Lipinski definition) is 0. The number of ether oxygens (including phenoxy) is 1. The SMILES string of the molecule is CCC(CC)C(C)n1c(CCl)nc2c(OC)cccc21. The molecule has 2 aromatic rings. The van der Waals surface area contributed by atoms with E-state index in [0.717, 1.165) is 35.4 Å². The highest BCUT2D eigenvalue weighted by molar-refractivity contribution is 6.16. The Balaban J connectivity index is 2.61. The van der Waals surface area contributed by atoms with Gasteiger partial charge in [-0.25, -0.2) is 4.98 Å². The number of imidazole rings is 1. The molecule has 0 aliphatic heterocycles. The van der Waals surface area contributed by atoms with Crippen molar-refractivity contribution < 1.29 is 4.74 Å². The van der Waals surface area contributed by atoms with E-state index >= 15 is 0 Å². The number of alkyl halides is 1. The summed E-state index contributed by atoms with van der Waals surface area (Å²) in [6.07, 6.45) is 2.31. The van der Waals surface area contributed by atoms with Crippen LogP contribution in [0.15, 0.2) is 18.2 Å². The molecule has 0 aliphatic rings. The van der Waals surface area contributed by atoms with Gasteiger partial charge in [0.25, 0.3) is 0 Å². The smallest absolute Gasteiger partial charge is 0.146 e. The quantitative estimate of drug-likeness (QED) is 0.717. The summed E-state index contributed by atoms with van der Waals surface area (Å²) in [6, 6.07) is 6.44. The van der Waals surface area contributed by atoms with Gasteiger partial charge in [-0.05, 0) is 25.0 Å². The zero-order chi connectivity index (χ0) is 14.7. The van der Waals surface area contributed by atoms with Crippen molar-refractivity contribution in [3.05, 3.63) is 24.0 Å². The van der Waals surface area contributed by atoms with E-state index in [0.29, 0.717) is 17.8 Å². The van der Waals surface area contributed by atoms with Crippen molar-refractivity contribution >= 4 is 22.6 Å². The maximum absolute atomic E-state index is 6.11. The van der Waals surface area contributed by atoms with Gasteiger partial charge < -0.3 is 9.30 Å². The second-order valence-electron chi connectivity index (χ2n) is 5.18. The van der Waals surface area contributed by atoms with Crippen molar-refractivity contribution in [1.29, 1.82) is 0 Å². The molecule has 1 aromatic heterocycles. The van der Waals surface area contributed by atoms with Crippen molar-refractivity contribution in [3.63, 3.8) is 0 Å². The van der Waals surface area contributed by atoms with E-state index in [1.807, 2.05) is 12.1 Å². The topological polar surface area (TPSA) is 27.1 Å². The zero-order valence-electron chi connectivity index (χ0n) is 12.7. The van der Waals surface area contributed by atoms with Crippen LogP contribution in [-0.2, 0) is 5.88 Å². The molecule has 1 heterocycles. The predicted octanol–water partition coefficient (Wildman–Crippen LogP) is 4.78. The van der Waals surface area contributed by atoms with Crippen molar-refractivity contribution in [2.45, 2.75) is 45.5 Å². The Kier molecular flexibility index (Phi) is 4.92. The zero-order valence-corrected chi connectivity index (χ0v) is 13.4. The molecule has 1 atom stereocenters. The molecule has 2 rings (SSSR count).